The number of benzene rings is 2. The zero-order chi connectivity index (χ0) is 23.2. The Hall–Kier alpha value is -3.61. The van der Waals surface area contributed by atoms with Crippen LogP contribution in [0.3, 0.4) is 0 Å². The highest BCUT2D eigenvalue weighted by Gasteiger charge is 2.26. The molecule has 7 nitrogen and oxygen atoms in total. The first-order valence-corrected chi connectivity index (χ1v) is 11.3. The molecule has 1 saturated heterocycles. The van der Waals surface area contributed by atoms with E-state index in [0.29, 0.717) is 26.2 Å². The average Bonchev–Trinajstić information content (AvgIpc) is 2.89. The van der Waals surface area contributed by atoms with Gasteiger partial charge in [0.15, 0.2) is 11.9 Å². The second-order valence-electron chi connectivity index (χ2n) is 8.08. The third-order valence-corrected chi connectivity index (χ3v) is 5.94. The fraction of sp³-hybridized carbons (Fsp3) is 0.346. The molecule has 1 unspecified atom stereocenters. The molecule has 1 amide bonds. The molecule has 2 aromatic carbocycles. The number of nitrogens with zero attached hydrogens (tertiary/aromatic N) is 4. The molecule has 2 heterocycles. The number of carbonyl (C=O) groups is 1. The average molecular weight is 447 g/mol. The van der Waals surface area contributed by atoms with E-state index < -0.39 is 6.10 Å². The van der Waals surface area contributed by atoms with Gasteiger partial charge in [0.25, 0.3) is 5.91 Å². The zero-order valence-corrected chi connectivity index (χ0v) is 19.4. The van der Waals surface area contributed by atoms with Gasteiger partial charge in [-0.1, -0.05) is 19.1 Å². The van der Waals surface area contributed by atoms with Gasteiger partial charge in [-0.05, 0) is 67.4 Å². The summed E-state index contributed by atoms with van der Waals surface area (Å²) in [6, 6.07) is 19.6. The Morgan fingerprint density at radius 1 is 0.909 bits per heavy atom. The van der Waals surface area contributed by atoms with Crippen molar-refractivity contribution >= 4 is 11.7 Å². The molecule has 172 valence electrons. The number of anilines is 1. The lowest BCUT2D eigenvalue weighted by Gasteiger charge is -2.36. The minimum atomic E-state index is -0.521. The maximum absolute atomic E-state index is 12.9. The van der Waals surface area contributed by atoms with E-state index in [1.807, 2.05) is 72.5 Å². The summed E-state index contributed by atoms with van der Waals surface area (Å²) in [6.45, 7) is 6.60. The minimum Gasteiger partial charge on any atom is -0.497 e. The first-order valence-electron chi connectivity index (χ1n) is 11.3. The molecule has 1 fully saturated rings. The van der Waals surface area contributed by atoms with Gasteiger partial charge in [0.1, 0.15) is 11.5 Å². The van der Waals surface area contributed by atoms with E-state index in [1.165, 1.54) is 5.56 Å². The SMILES string of the molecule is CCc1ccc(OC(C)C(=O)N2CCN(c3ccc(-c4ccc(OC)cc4)nn3)CC2)cc1. The van der Waals surface area contributed by atoms with Crippen LogP contribution in [0, 0.1) is 0 Å². The minimum absolute atomic E-state index is 0.00940. The topological polar surface area (TPSA) is 67.8 Å². The molecule has 1 atom stereocenters. The second-order valence-corrected chi connectivity index (χ2v) is 8.08. The van der Waals surface area contributed by atoms with Gasteiger partial charge in [-0.3, -0.25) is 4.79 Å². The van der Waals surface area contributed by atoms with Crippen LogP contribution < -0.4 is 14.4 Å². The number of rotatable bonds is 7. The predicted octanol–water partition coefficient (Wildman–Crippen LogP) is 3.83. The summed E-state index contributed by atoms with van der Waals surface area (Å²) in [5.41, 5.74) is 3.05. The molecule has 7 heteroatoms. The molecular formula is C26H30N4O3. The Bertz CT molecular complexity index is 1040. The summed E-state index contributed by atoms with van der Waals surface area (Å²) in [5, 5.41) is 8.80. The molecular weight excluding hydrogens is 416 g/mol. The maximum Gasteiger partial charge on any atom is 0.263 e. The summed E-state index contributed by atoms with van der Waals surface area (Å²) < 4.78 is 11.1. The third kappa shape index (κ3) is 5.42. The van der Waals surface area contributed by atoms with Gasteiger partial charge in [-0.25, -0.2) is 0 Å². The van der Waals surface area contributed by atoms with Gasteiger partial charge >= 0.3 is 0 Å². The highest BCUT2D eigenvalue weighted by molar-refractivity contribution is 5.81. The highest BCUT2D eigenvalue weighted by atomic mass is 16.5. The molecule has 0 spiro atoms. The molecule has 3 aromatic rings. The Labute approximate surface area is 195 Å². The Morgan fingerprint density at radius 2 is 1.58 bits per heavy atom. The van der Waals surface area contributed by atoms with Gasteiger partial charge < -0.3 is 19.3 Å². The number of aryl methyl sites for hydroxylation is 1. The van der Waals surface area contributed by atoms with Crippen molar-refractivity contribution < 1.29 is 14.3 Å². The fourth-order valence-corrected chi connectivity index (χ4v) is 3.88. The third-order valence-electron chi connectivity index (χ3n) is 5.94. The quantitative estimate of drug-likeness (QED) is 0.550. The van der Waals surface area contributed by atoms with Crippen LogP contribution in [0.2, 0.25) is 0 Å². The molecule has 1 aliphatic heterocycles. The Morgan fingerprint density at radius 3 is 2.15 bits per heavy atom. The van der Waals surface area contributed by atoms with E-state index in [9.17, 15) is 4.79 Å². The van der Waals surface area contributed by atoms with E-state index in [0.717, 1.165) is 35.0 Å². The van der Waals surface area contributed by atoms with Crippen LogP contribution >= 0.6 is 0 Å². The van der Waals surface area contributed by atoms with Crippen molar-refractivity contribution in [3.8, 4) is 22.8 Å². The van der Waals surface area contributed by atoms with E-state index in [2.05, 4.69) is 22.0 Å². The molecule has 1 aromatic heterocycles. The van der Waals surface area contributed by atoms with Crippen molar-refractivity contribution in [1.29, 1.82) is 0 Å². The summed E-state index contributed by atoms with van der Waals surface area (Å²) in [7, 11) is 1.65. The number of piperazine rings is 1. The van der Waals surface area contributed by atoms with Crippen molar-refractivity contribution in [2.75, 3.05) is 38.2 Å². The van der Waals surface area contributed by atoms with Crippen LogP contribution in [-0.2, 0) is 11.2 Å². The predicted molar refractivity (Wildman–Crippen MR) is 129 cm³/mol. The standard InChI is InChI=1S/C26H30N4O3/c1-4-20-5-9-23(10-6-20)33-19(2)26(31)30-17-15-29(16-18-30)25-14-13-24(27-28-25)21-7-11-22(32-3)12-8-21/h5-14,19H,4,15-18H2,1-3H3. The highest BCUT2D eigenvalue weighted by Crippen LogP contribution is 2.22. The van der Waals surface area contributed by atoms with Gasteiger partial charge in [-0.15, -0.1) is 10.2 Å². The van der Waals surface area contributed by atoms with Gasteiger partial charge in [-0.2, -0.15) is 0 Å². The molecule has 0 aliphatic carbocycles. The summed E-state index contributed by atoms with van der Waals surface area (Å²) in [5.74, 6) is 2.36. The van der Waals surface area contributed by atoms with Crippen LogP contribution in [0.1, 0.15) is 19.4 Å². The maximum atomic E-state index is 12.9. The van der Waals surface area contributed by atoms with Crippen LogP contribution in [0.4, 0.5) is 5.82 Å². The van der Waals surface area contributed by atoms with E-state index in [4.69, 9.17) is 9.47 Å². The van der Waals surface area contributed by atoms with Gasteiger partial charge in [0.2, 0.25) is 0 Å². The second kappa shape index (κ2) is 10.3. The molecule has 1 aliphatic rings. The summed E-state index contributed by atoms with van der Waals surface area (Å²) in [6.07, 6.45) is 0.459. The number of amides is 1. The van der Waals surface area contributed by atoms with Crippen molar-refractivity contribution in [3.05, 3.63) is 66.2 Å². The van der Waals surface area contributed by atoms with Crippen molar-refractivity contribution in [2.24, 2.45) is 0 Å². The normalized spacial score (nSPS) is 14.6. The first kappa shape index (κ1) is 22.6. The van der Waals surface area contributed by atoms with Crippen molar-refractivity contribution in [2.45, 2.75) is 26.4 Å². The largest absolute Gasteiger partial charge is 0.497 e. The van der Waals surface area contributed by atoms with Gasteiger partial charge in [0.05, 0.1) is 12.8 Å². The van der Waals surface area contributed by atoms with Crippen LogP contribution in [-0.4, -0.2) is 60.4 Å². The molecule has 0 bridgehead atoms. The molecule has 4 rings (SSSR count). The number of carbonyl (C=O) groups excluding carboxylic acids is 1. The summed E-state index contributed by atoms with van der Waals surface area (Å²) >= 11 is 0. The van der Waals surface area contributed by atoms with Crippen molar-refractivity contribution in [1.82, 2.24) is 15.1 Å². The van der Waals surface area contributed by atoms with Crippen LogP contribution in [0.25, 0.3) is 11.3 Å². The fourth-order valence-electron chi connectivity index (χ4n) is 3.88. The molecule has 0 radical (unpaired) electrons. The Balaban J connectivity index is 1.30. The number of ether oxygens (including phenoxy) is 2. The lowest BCUT2D eigenvalue weighted by molar-refractivity contribution is -0.138. The van der Waals surface area contributed by atoms with Gasteiger partial charge in [0, 0.05) is 31.7 Å². The van der Waals surface area contributed by atoms with Crippen LogP contribution in [0.15, 0.2) is 60.7 Å². The number of hydrogen-bond donors (Lipinski definition) is 0. The first-order chi connectivity index (χ1) is 16.1. The number of hydrogen-bond acceptors (Lipinski definition) is 6. The van der Waals surface area contributed by atoms with E-state index in [-0.39, 0.29) is 5.91 Å². The summed E-state index contributed by atoms with van der Waals surface area (Å²) in [4.78, 5) is 16.9. The van der Waals surface area contributed by atoms with E-state index in [1.54, 1.807) is 7.11 Å². The lowest BCUT2D eigenvalue weighted by Crippen LogP contribution is -2.52. The van der Waals surface area contributed by atoms with Crippen molar-refractivity contribution in [3.63, 3.8) is 0 Å². The van der Waals surface area contributed by atoms with E-state index >= 15 is 0 Å². The zero-order valence-electron chi connectivity index (χ0n) is 19.4. The molecule has 33 heavy (non-hydrogen) atoms. The lowest BCUT2D eigenvalue weighted by atomic mass is 10.1. The molecule has 0 saturated carbocycles. The monoisotopic (exact) mass is 446 g/mol. The number of aromatic nitrogens is 2. The van der Waals surface area contributed by atoms with Crippen LogP contribution in [0.5, 0.6) is 11.5 Å². The molecule has 0 N–H and O–H groups in total. The Kier molecular flexibility index (Phi) is 7.07. The smallest absolute Gasteiger partial charge is 0.263 e. The number of methoxy groups -OCH3 is 1.